The summed E-state index contributed by atoms with van der Waals surface area (Å²) >= 11 is 0. The fourth-order valence-electron chi connectivity index (χ4n) is 4.17. The van der Waals surface area contributed by atoms with Crippen LogP contribution in [0.15, 0.2) is 59.5 Å². The Morgan fingerprint density at radius 1 is 1.17 bits per heavy atom. The molecule has 5 rings (SSSR count). The number of aromatic nitrogens is 2. The minimum Gasteiger partial charge on any atom is -0.477 e. The first-order valence-electron chi connectivity index (χ1n) is 10.8. The molecule has 0 spiro atoms. The van der Waals surface area contributed by atoms with Crippen LogP contribution in [0.2, 0.25) is 0 Å². The number of nitrogens with two attached hydrogens (primary N) is 1. The number of aromatic carboxylic acids is 1. The van der Waals surface area contributed by atoms with Gasteiger partial charge in [0.1, 0.15) is 5.56 Å². The molecule has 0 amide bonds. The molecule has 1 aliphatic heterocycles. The number of carbonyl (C=O) groups is 1. The van der Waals surface area contributed by atoms with Gasteiger partial charge in [-0.1, -0.05) is 36.4 Å². The first kappa shape index (κ1) is 25.2. The zero-order chi connectivity index (χ0) is 26.2. The van der Waals surface area contributed by atoms with Crippen LogP contribution in [0.1, 0.15) is 16.8 Å². The molecule has 10 nitrogen and oxygen atoms in total. The van der Waals surface area contributed by atoms with E-state index in [4.69, 9.17) is 10.3 Å². The van der Waals surface area contributed by atoms with Crippen LogP contribution in [-0.4, -0.2) is 59.0 Å². The number of fused-ring (bicyclic) bond motifs is 2. The Kier molecular flexibility index (Phi) is 6.76. The molecule has 0 radical (unpaired) electrons. The van der Waals surface area contributed by atoms with E-state index in [2.05, 4.69) is 4.98 Å². The molecular weight excluding hydrogens is 491 g/mol. The molecule has 1 atom stereocenters. The van der Waals surface area contributed by atoms with E-state index in [-0.39, 0.29) is 22.9 Å². The maximum Gasteiger partial charge on any atom is 0.341 e. The Bertz CT molecular complexity index is 1640. The summed E-state index contributed by atoms with van der Waals surface area (Å²) in [5, 5.41) is 11.3. The monoisotopic (exact) mass is 514 g/mol. The predicted molar refractivity (Wildman–Crippen MR) is 134 cm³/mol. The van der Waals surface area contributed by atoms with Crippen LogP contribution in [0, 0.1) is 5.82 Å². The number of hydrogen-bond acceptors (Lipinski definition) is 7. The van der Waals surface area contributed by atoms with Crippen molar-refractivity contribution in [3.05, 3.63) is 76.3 Å². The highest BCUT2D eigenvalue weighted by Crippen LogP contribution is 2.28. The third-order valence-electron chi connectivity index (χ3n) is 5.69. The van der Waals surface area contributed by atoms with Crippen molar-refractivity contribution in [3.63, 3.8) is 0 Å². The van der Waals surface area contributed by atoms with Gasteiger partial charge in [0.05, 0.1) is 17.3 Å². The molecule has 0 saturated carbocycles. The van der Waals surface area contributed by atoms with Crippen LogP contribution in [0.5, 0.6) is 0 Å². The maximum atomic E-state index is 15.0. The van der Waals surface area contributed by atoms with Crippen LogP contribution in [0.4, 0.5) is 10.2 Å². The third-order valence-corrected chi connectivity index (χ3v) is 5.69. The zero-order valence-corrected chi connectivity index (χ0v) is 19.9. The Hall–Kier alpha value is -3.87. The summed E-state index contributed by atoms with van der Waals surface area (Å²) in [6, 6.07) is 14.2. The van der Waals surface area contributed by atoms with E-state index in [1.165, 1.54) is 6.20 Å². The molecule has 1 fully saturated rings. The Balaban J connectivity index is 0.000000556. The molecule has 0 unspecified atom stereocenters. The molecular formula is C24H23FN4O6S. The van der Waals surface area contributed by atoms with Gasteiger partial charge in [0.15, 0.2) is 17.3 Å². The van der Waals surface area contributed by atoms with Crippen molar-refractivity contribution >= 4 is 43.7 Å². The molecule has 0 aliphatic carbocycles. The lowest BCUT2D eigenvalue weighted by Gasteiger charge is -2.20. The first-order chi connectivity index (χ1) is 16.9. The molecule has 12 heteroatoms. The Morgan fingerprint density at radius 3 is 2.47 bits per heavy atom. The lowest BCUT2D eigenvalue weighted by molar-refractivity contribution is 0.0695. The van der Waals surface area contributed by atoms with E-state index in [0.717, 1.165) is 16.8 Å². The summed E-state index contributed by atoms with van der Waals surface area (Å²) < 4.78 is 42.4. The first-order valence-corrected chi connectivity index (χ1v) is 12.7. The van der Waals surface area contributed by atoms with E-state index >= 15 is 0 Å². The molecule has 3 heterocycles. The summed E-state index contributed by atoms with van der Waals surface area (Å²) in [4.78, 5) is 30.8. The smallest absolute Gasteiger partial charge is 0.341 e. The van der Waals surface area contributed by atoms with E-state index in [1.807, 2.05) is 42.5 Å². The van der Waals surface area contributed by atoms with Gasteiger partial charge < -0.3 is 15.7 Å². The average Bonchev–Trinajstić information content (AvgIpc) is 3.24. The van der Waals surface area contributed by atoms with Gasteiger partial charge in [-0.25, -0.2) is 14.2 Å². The van der Waals surface area contributed by atoms with Crippen molar-refractivity contribution in [1.29, 1.82) is 0 Å². The van der Waals surface area contributed by atoms with Gasteiger partial charge in [-0.3, -0.25) is 13.9 Å². The SMILES string of the molecule is CS(=O)(=O)O.N[C@H]1CCN(c2nc3c(cc2F)c(=O)c(C(=O)O)cn3-c2cccc3ccccc23)C1. The van der Waals surface area contributed by atoms with Crippen molar-refractivity contribution in [2.45, 2.75) is 12.5 Å². The minimum atomic E-state index is -3.67. The molecule has 36 heavy (non-hydrogen) atoms. The fourth-order valence-corrected chi connectivity index (χ4v) is 4.17. The molecule has 0 bridgehead atoms. The second-order valence-electron chi connectivity index (χ2n) is 8.44. The van der Waals surface area contributed by atoms with E-state index in [9.17, 15) is 27.5 Å². The highest BCUT2D eigenvalue weighted by Gasteiger charge is 2.26. The normalized spacial score (nSPS) is 15.7. The summed E-state index contributed by atoms with van der Waals surface area (Å²) in [5.41, 5.74) is 5.60. The van der Waals surface area contributed by atoms with Crippen molar-refractivity contribution in [2.24, 2.45) is 5.73 Å². The van der Waals surface area contributed by atoms with Crippen LogP contribution >= 0.6 is 0 Å². The number of pyridine rings is 2. The summed E-state index contributed by atoms with van der Waals surface area (Å²) in [6.07, 6.45) is 2.69. The topological polar surface area (TPSA) is 156 Å². The number of carboxylic acids is 1. The summed E-state index contributed by atoms with van der Waals surface area (Å²) in [7, 11) is -3.67. The predicted octanol–water partition coefficient (Wildman–Crippen LogP) is 2.42. The highest BCUT2D eigenvalue weighted by molar-refractivity contribution is 7.85. The van der Waals surface area contributed by atoms with Gasteiger partial charge in [-0.15, -0.1) is 0 Å². The molecule has 1 aliphatic rings. The molecule has 4 aromatic rings. The lowest BCUT2D eigenvalue weighted by atomic mass is 10.1. The number of benzene rings is 2. The van der Waals surface area contributed by atoms with Crippen LogP contribution in [0.3, 0.4) is 0 Å². The van der Waals surface area contributed by atoms with Crippen molar-refractivity contribution in [3.8, 4) is 5.69 Å². The van der Waals surface area contributed by atoms with Crippen LogP contribution < -0.4 is 16.1 Å². The molecule has 4 N–H and O–H groups in total. The van der Waals surface area contributed by atoms with E-state index in [1.54, 1.807) is 9.47 Å². The zero-order valence-electron chi connectivity index (χ0n) is 19.1. The van der Waals surface area contributed by atoms with Gasteiger partial charge in [-0.05, 0) is 23.9 Å². The van der Waals surface area contributed by atoms with E-state index < -0.39 is 32.9 Å². The minimum absolute atomic E-state index is 0.0773. The fraction of sp³-hybridized carbons (Fsp3) is 0.208. The largest absolute Gasteiger partial charge is 0.477 e. The maximum absolute atomic E-state index is 15.0. The third kappa shape index (κ3) is 5.20. The Labute approximate surface area is 205 Å². The van der Waals surface area contributed by atoms with Crippen molar-refractivity contribution in [1.82, 2.24) is 9.55 Å². The average molecular weight is 515 g/mol. The van der Waals surface area contributed by atoms with Gasteiger partial charge in [0.25, 0.3) is 10.1 Å². The van der Waals surface area contributed by atoms with Crippen LogP contribution in [-0.2, 0) is 10.1 Å². The molecule has 2 aromatic carbocycles. The summed E-state index contributed by atoms with van der Waals surface area (Å²) in [5.74, 6) is -1.95. The number of carboxylic acid groups (broad SMARTS) is 1. The van der Waals surface area contributed by atoms with Crippen molar-refractivity contribution < 1.29 is 27.3 Å². The van der Waals surface area contributed by atoms with Gasteiger partial charge in [-0.2, -0.15) is 8.42 Å². The van der Waals surface area contributed by atoms with Gasteiger partial charge in [0, 0.05) is 30.7 Å². The molecule has 2 aromatic heterocycles. The molecule has 1 saturated heterocycles. The standard InChI is InChI=1S/C23H19FN4O3.CH4O3S/c24-18-10-16-20(29)17(23(30)31)12-28(19-7-3-5-13-4-1-2-6-15(13)19)21(16)26-22(18)27-9-8-14(25)11-27;1-5(2,3)4/h1-7,10,12,14H,8-9,11,25H2,(H,30,31);1H3,(H,2,3,4)/t14-;/m0./s1. The number of rotatable bonds is 3. The Morgan fingerprint density at radius 2 is 1.83 bits per heavy atom. The summed E-state index contributed by atoms with van der Waals surface area (Å²) in [6.45, 7) is 1.02. The number of halogens is 1. The van der Waals surface area contributed by atoms with Crippen LogP contribution in [0.25, 0.3) is 27.5 Å². The van der Waals surface area contributed by atoms with Crippen molar-refractivity contribution in [2.75, 3.05) is 24.2 Å². The van der Waals surface area contributed by atoms with Gasteiger partial charge >= 0.3 is 5.97 Å². The molecule has 188 valence electrons. The quantitative estimate of drug-likeness (QED) is 0.349. The van der Waals surface area contributed by atoms with Gasteiger partial charge in [0.2, 0.25) is 5.43 Å². The number of hydrogen-bond donors (Lipinski definition) is 3. The highest BCUT2D eigenvalue weighted by atomic mass is 32.2. The number of nitrogens with zero attached hydrogens (tertiary/aromatic N) is 3. The number of anilines is 1. The second-order valence-corrected chi connectivity index (χ2v) is 9.90. The lowest BCUT2D eigenvalue weighted by Crippen LogP contribution is -2.28. The second kappa shape index (κ2) is 9.64. The van der Waals surface area contributed by atoms with E-state index in [0.29, 0.717) is 31.5 Å².